The first-order valence-corrected chi connectivity index (χ1v) is 11.5. The monoisotopic (exact) mass is 555 g/mol. The van der Waals surface area contributed by atoms with Gasteiger partial charge in [-0.2, -0.15) is 9.97 Å². The number of rotatable bonds is 4. The molecular formula is C20H28N10O9. The molecule has 0 aliphatic carbocycles. The molecule has 6 rings (SSSR count). The molecule has 6 atom stereocenters. The molecule has 0 bridgehead atoms. The molecule has 2 aliphatic heterocycles. The number of hydrogen-bond donors (Lipinski definition) is 8. The Morgan fingerprint density at radius 2 is 1.41 bits per heavy atom. The van der Waals surface area contributed by atoms with E-state index in [2.05, 4.69) is 35.4 Å². The second-order valence-corrected chi connectivity index (χ2v) is 8.71. The van der Waals surface area contributed by atoms with Gasteiger partial charge < -0.3 is 46.8 Å². The zero-order valence-corrected chi connectivity index (χ0v) is 20.0. The van der Waals surface area contributed by atoms with E-state index in [-0.39, 0.29) is 66.6 Å². The molecule has 0 aromatic carbocycles. The van der Waals surface area contributed by atoms with Crippen LogP contribution in [0, 0.1) is 0 Å². The first-order chi connectivity index (χ1) is 20.0. The normalized spacial score (nSPS) is 27.3. The number of nitrogens with two attached hydrogens (primary N) is 2. The molecule has 2 fully saturated rings. The van der Waals surface area contributed by atoms with Gasteiger partial charge in [0.25, 0.3) is 11.1 Å². The number of aliphatic hydroxyl groups is 4. The van der Waals surface area contributed by atoms with Gasteiger partial charge in [-0.05, 0) is 0 Å². The molecule has 4 aromatic heterocycles. The number of aliphatic hydroxyl groups excluding tert-OH is 4. The van der Waals surface area contributed by atoms with Gasteiger partial charge in [0, 0.05) is 12.8 Å². The minimum atomic E-state index is -0.860. The van der Waals surface area contributed by atoms with Crippen molar-refractivity contribution in [1.29, 1.82) is 2.86 Å². The Balaban J connectivity index is 0.000000177. The Bertz CT molecular complexity index is 1650. The molecule has 2 saturated heterocycles. The molecule has 212 valence electrons. The smallest absolute Gasteiger partial charge is 0.280 e. The molecule has 0 saturated carbocycles. The number of nitrogens with one attached hydrogen (secondary N) is 2. The van der Waals surface area contributed by atoms with Crippen LogP contribution in [0.2, 0.25) is 0 Å². The maximum absolute atomic E-state index is 11.7. The topological polar surface area (TPSA) is 310 Å². The van der Waals surface area contributed by atoms with Gasteiger partial charge in [-0.3, -0.25) is 28.7 Å². The Morgan fingerprint density at radius 1 is 0.949 bits per heavy atom. The average molecular weight is 556 g/mol. The summed E-state index contributed by atoms with van der Waals surface area (Å²) in [7, 11) is 0. The Morgan fingerprint density at radius 3 is 1.90 bits per heavy atom. The van der Waals surface area contributed by atoms with Gasteiger partial charge in [0.1, 0.15) is 26.0 Å². The Kier molecular flexibility index (Phi) is 6.81. The van der Waals surface area contributed by atoms with Crippen LogP contribution >= 0.6 is 0 Å². The Labute approximate surface area is 221 Å². The van der Waals surface area contributed by atoms with Crippen LogP contribution < -0.4 is 22.6 Å². The van der Waals surface area contributed by atoms with Gasteiger partial charge in [0.05, 0.1) is 38.1 Å². The number of hydrogen-bond acceptors (Lipinski definition) is 14. The molecule has 0 spiro atoms. The van der Waals surface area contributed by atoms with Gasteiger partial charge in [0.2, 0.25) is 14.8 Å². The number of ether oxygens (including phenoxy) is 2. The van der Waals surface area contributed by atoms with Crippen LogP contribution in [-0.2, 0) is 9.47 Å². The number of aromatic amines is 2. The van der Waals surface area contributed by atoms with Crippen LogP contribution in [0.15, 0.2) is 22.2 Å². The highest BCUT2D eigenvalue weighted by atomic mass is 16.5. The molecule has 19 nitrogen and oxygen atoms in total. The van der Waals surface area contributed by atoms with Crippen LogP contribution in [0.1, 0.15) is 26.7 Å². The fourth-order valence-corrected chi connectivity index (χ4v) is 4.33. The molecule has 0 amide bonds. The highest BCUT2D eigenvalue weighted by molar-refractivity contribution is 5.71. The summed E-state index contributed by atoms with van der Waals surface area (Å²) in [5.41, 5.74) is 13.3. The second-order valence-electron chi connectivity index (χ2n) is 8.71. The third kappa shape index (κ3) is 5.18. The van der Waals surface area contributed by atoms with E-state index in [4.69, 9.17) is 35.4 Å². The van der Waals surface area contributed by atoms with Gasteiger partial charge >= 0.3 is 0 Å². The predicted octanol–water partition coefficient (Wildman–Crippen LogP) is -4.14. The molecule has 2 unspecified atom stereocenters. The summed E-state index contributed by atoms with van der Waals surface area (Å²) in [6.07, 6.45) is -2.66. The minimum Gasteiger partial charge on any atom is -0.412 e. The van der Waals surface area contributed by atoms with Gasteiger partial charge in [-0.15, -0.1) is 0 Å². The number of nitrogen functional groups attached to an aromatic ring is 2. The van der Waals surface area contributed by atoms with Crippen molar-refractivity contribution in [2.75, 3.05) is 24.7 Å². The summed E-state index contributed by atoms with van der Waals surface area (Å²) in [5.74, 6) is -0.114. The zero-order chi connectivity index (χ0) is 30.7. The van der Waals surface area contributed by atoms with Crippen LogP contribution in [0.25, 0.3) is 22.3 Å². The molecule has 6 heterocycles. The van der Waals surface area contributed by atoms with E-state index in [1.807, 2.05) is 0 Å². The second kappa shape index (κ2) is 11.0. The largest absolute Gasteiger partial charge is 0.412 e. The maximum atomic E-state index is 11.7. The lowest BCUT2D eigenvalue weighted by Crippen LogP contribution is -2.24. The molecule has 4 aromatic rings. The van der Waals surface area contributed by atoms with E-state index in [0.29, 0.717) is 0 Å². The summed E-state index contributed by atoms with van der Waals surface area (Å²) in [5, 5.41) is 37.6. The summed E-state index contributed by atoms with van der Waals surface area (Å²) in [6, 6.07) is 0. The van der Waals surface area contributed by atoms with E-state index in [0.717, 1.165) is 0 Å². The summed E-state index contributed by atoms with van der Waals surface area (Å²) in [6.45, 7) is -0.617. The summed E-state index contributed by atoms with van der Waals surface area (Å²) < 4.78 is 32.3. The van der Waals surface area contributed by atoms with E-state index < -0.39 is 48.0 Å². The number of nitrogens with zero attached hydrogens (tertiary/aromatic N) is 6. The summed E-state index contributed by atoms with van der Waals surface area (Å²) >= 11 is 0. The first kappa shape index (κ1) is 24.1. The SMILES string of the molecule is Nc1nc2c(ncn2[C@H]2CC(O)[C@@H](CO)O2)c(=O)[nH]1.[2H]O[2H].[2H]c1nc2c(=O)[nH]c(N)nc2n1[C@H]1CC(O)[C@@H](CO)O1. The number of anilines is 2. The molecule has 19 heteroatoms. The van der Waals surface area contributed by atoms with Gasteiger partial charge in [0.15, 0.2) is 22.3 Å². The van der Waals surface area contributed by atoms with Crippen LogP contribution in [-0.4, -0.2) is 105 Å². The number of fused-ring (bicyclic) bond motifs is 2. The molecule has 39 heavy (non-hydrogen) atoms. The van der Waals surface area contributed by atoms with Crippen molar-refractivity contribution in [2.24, 2.45) is 0 Å². The van der Waals surface area contributed by atoms with E-state index in [1.165, 1.54) is 15.5 Å². The maximum Gasteiger partial charge on any atom is 0.280 e. The van der Waals surface area contributed by atoms with Gasteiger partial charge in [-0.25, -0.2) is 9.97 Å². The lowest BCUT2D eigenvalue weighted by molar-refractivity contribution is -0.0432. The fourth-order valence-electron chi connectivity index (χ4n) is 4.33. The van der Waals surface area contributed by atoms with Crippen molar-refractivity contribution >= 4 is 34.2 Å². The van der Waals surface area contributed by atoms with Crippen molar-refractivity contribution in [3.05, 3.63) is 33.3 Å². The lowest BCUT2D eigenvalue weighted by Gasteiger charge is -2.13. The van der Waals surface area contributed by atoms with Gasteiger partial charge in [-0.1, -0.05) is 0 Å². The molecular weight excluding hydrogens is 524 g/mol. The third-order valence-corrected chi connectivity index (χ3v) is 6.21. The Hall–Kier alpha value is -3.98. The highest BCUT2D eigenvalue weighted by Gasteiger charge is 2.36. The quantitative estimate of drug-likeness (QED) is 0.119. The number of aromatic nitrogens is 8. The zero-order valence-electron chi connectivity index (χ0n) is 23.0. The van der Waals surface area contributed by atoms with E-state index in [1.54, 1.807) is 0 Å². The van der Waals surface area contributed by atoms with Crippen molar-refractivity contribution in [3.8, 4) is 0 Å². The lowest BCUT2D eigenvalue weighted by atomic mass is 10.2. The fraction of sp³-hybridized carbons (Fsp3) is 0.500. The van der Waals surface area contributed by atoms with Crippen LogP contribution in [0.5, 0.6) is 0 Å². The molecule has 12 N–H and O–H groups in total. The first-order valence-electron chi connectivity index (χ1n) is 12.8. The van der Waals surface area contributed by atoms with E-state index in [9.17, 15) is 19.8 Å². The van der Waals surface area contributed by atoms with Crippen molar-refractivity contribution < 1.29 is 36.8 Å². The minimum absolute atomic E-state index is 0.0171. The number of imidazole rings is 2. The predicted molar refractivity (Wildman–Crippen MR) is 132 cm³/mol. The van der Waals surface area contributed by atoms with Crippen LogP contribution in [0.3, 0.4) is 0 Å². The molecule has 2 aliphatic rings. The number of H-pyrrole nitrogens is 2. The highest BCUT2D eigenvalue weighted by Crippen LogP contribution is 2.31. The average Bonchev–Trinajstić information content (AvgIpc) is 3.68. The summed E-state index contributed by atoms with van der Waals surface area (Å²) in [4.78, 5) is 43.7. The molecule has 0 radical (unpaired) electrons. The third-order valence-electron chi connectivity index (χ3n) is 6.21. The van der Waals surface area contributed by atoms with Crippen molar-refractivity contribution in [1.82, 2.24) is 39.0 Å². The van der Waals surface area contributed by atoms with Crippen molar-refractivity contribution in [2.45, 2.75) is 49.7 Å². The standard InChI is InChI=1S/2C10H13N5O4.H2O/c2*11-10-13-8-7(9(18)14-10)12-3-15(8)6-1-4(17)5(2-16)19-6;/h2*3-6,16-17H,1-2H2,(H3,11,13,14,18);1H2/t2*4?,5-,6-;/m11./s1/i3D;;/hD2. The van der Waals surface area contributed by atoms with Crippen molar-refractivity contribution in [3.63, 3.8) is 0 Å². The van der Waals surface area contributed by atoms with E-state index >= 15 is 0 Å². The van der Waals surface area contributed by atoms with Crippen LogP contribution in [0.4, 0.5) is 11.9 Å².